The summed E-state index contributed by atoms with van der Waals surface area (Å²) in [6, 6.07) is 12.5. The Kier molecular flexibility index (Phi) is 5.94. The third kappa shape index (κ3) is 4.48. The molecule has 3 N–H and O–H groups in total. The van der Waals surface area contributed by atoms with Gasteiger partial charge in [-0.2, -0.15) is 5.10 Å². The Balaban J connectivity index is 1.71. The zero-order valence-corrected chi connectivity index (χ0v) is 17.2. The van der Waals surface area contributed by atoms with Crippen LogP contribution in [0.5, 0.6) is 0 Å². The fraction of sp³-hybridized carbons (Fsp3) is 0.286. The third-order valence-electron chi connectivity index (χ3n) is 4.46. The first-order valence-corrected chi connectivity index (χ1v) is 9.96. The SMILES string of the molecule is Cc1ccc(-c2cc(NC(=O)C(NC(=O)c3ccccc3C)C(C)C)n[nH]2)s1. The maximum atomic E-state index is 12.8. The minimum Gasteiger partial charge on any atom is -0.340 e. The number of thiophene rings is 1. The summed E-state index contributed by atoms with van der Waals surface area (Å²) in [5, 5.41) is 12.8. The Hall–Kier alpha value is -2.93. The van der Waals surface area contributed by atoms with Gasteiger partial charge in [0.2, 0.25) is 5.91 Å². The number of amides is 2. The highest BCUT2D eigenvalue weighted by molar-refractivity contribution is 7.15. The van der Waals surface area contributed by atoms with Gasteiger partial charge in [-0.15, -0.1) is 11.3 Å². The number of hydrogen-bond acceptors (Lipinski definition) is 4. The first kappa shape index (κ1) is 19.8. The monoisotopic (exact) mass is 396 g/mol. The number of nitrogens with zero attached hydrogens (tertiary/aromatic N) is 1. The molecule has 0 bridgehead atoms. The Morgan fingerprint density at radius 3 is 2.50 bits per heavy atom. The largest absolute Gasteiger partial charge is 0.340 e. The second-order valence-corrected chi connectivity index (χ2v) is 8.36. The van der Waals surface area contributed by atoms with Crippen LogP contribution < -0.4 is 10.6 Å². The molecule has 0 fully saturated rings. The van der Waals surface area contributed by atoms with Gasteiger partial charge >= 0.3 is 0 Å². The molecule has 0 aliphatic heterocycles. The number of carbonyl (C=O) groups is 2. The van der Waals surface area contributed by atoms with Crippen molar-refractivity contribution in [2.75, 3.05) is 5.32 Å². The van der Waals surface area contributed by atoms with Crippen LogP contribution in [0, 0.1) is 19.8 Å². The minimum atomic E-state index is -0.670. The zero-order valence-electron chi connectivity index (χ0n) is 16.4. The van der Waals surface area contributed by atoms with Gasteiger partial charge in [0.15, 0.2) is 5.82 Å². The van der Waals surface area contributed by atoms with Crippen molar-refractivity contribution < 1.29 is 9.59 Å². The van der Waals surface area contributed by atoms with Crippen molar-refractivity contribution in [1.82, 2.24) is 15.5 Å². The zero-order chi connectivity index (χ0) is 20.3. The van der Waals surface area contributed by atoms with Gasteiger partial charge in [-0.3, -0.25) is 14.7 Å². The van der Waals surface area contributed by atoms with E-state index in [4.69, 9.17) is 0 Å². The van der Waals surface area contributed by atoms with Gasteiger partial charge < -0.3 is 10.6 Å². The van der Waals surface area contributed by atoms with Crippen LogP contribution >= 0.6 is 11.3 Å². The average molecular weight is 397 g/mol. The van der Waals surface area contributed by atoms with E-state index in [1.165, 1.54) is 4.88 Å². The molecule has 0 aliphatic carbocycles. The summed E-state index contributed by atoms with van der Waals surface area (Å²) in [5.41, 5.74) is 2.28. The fourth-order valence-corrected chi connectivity index (χ4v) is 3.71. The quantitative estimate of drug-likeness (QED) is 0.585. The van der Waals surface area contributed by atoms with Crippen LogP contribution in [0.3, 0.4) is 0 Å². The number of carbonyl (C=O) groups excluding carboxylic acids is 2. The summed E-state index contributed by atoms with van der Waals surface area (Å²) in [5.74, 6) is -0.200. The molecule has 0 radical (unpaired) electrons. The van der Waals surface area contributed by atoms with Crippen LogP contribution in [0.15, 0.2) is 42.5 Å². The van der Waals surface area contributed by atoms with Crippen molar-refractivity contribution in [2.24, 2.45) is 5.92 Å². The second kappa shape index (κ2) is 8.39. The van der Waals surface area contributed by atoms with E-state index in [0.29, 0.717) is 11.4 Å². The molecule has 6 nitrogen and oxygen atoms in total. The van der Waals surface area contributed by atoms with E-state index in [2.05, 4.69) is 20.8 Å². The molecule has 2 heterocycles. The number of hydrogen-bond donors (Lipinski definition) is 3. The molecule has 146 valence electrons. The Bertz CT molecular complexity index is 990. The molecule has 0 aliphatic rings. The van der Waals surface area contributed by atoms with E-state index >= 15 is 0 Å². The molecule has 2 aromatic heterocycles. The van der Waals surface area contributed by atoms with Crippen molar-refractivity contribution in [3.05, 3.63) is 58.5 Å². The lowest BCUT2D eigenvalue weighted by Gasteiger charge is -2.21. The van der Waals surface area contributed by atoms with Gasteiger partial charge in [0.1, 0.15) is 6.04 Å². The molecule has 0 saturated heterocycles. The van der Waals surface area contributed by atoms with Crippen LogP contribution in [0.4, 0.5) is 5.82 Å². The lowest BCUT2D eigenvalue weighted by atomic mass is 10.0. The lowest BCUT2D eigenvalue weighted by Crippen LogP contribution is -2.47. The smallest absolute Gasteiger partial charge is 0.252 e. The number of aromatic nitrogens is 2. The van der Waals surface area contributed by atoms with Gasteiger partial charge in [-0.1, -0.05) is 32.0 Å². The Morgan fingerprint density at radius 2 is 1.86 bits per heavy atom. The number of benzene rings is 1. The summed E-state index contributed by atoms with van der Waals surface area (Å²) >= 11 is 1.65. The van der Waals surface area contributed by atoms with Crippen molar-refractivity contribution in [1.29, 1.82) is 0 Å². The molecule has 1 unspecified atom stereocenters. The van der Waals surface area contributed by atoms with E-state index in [9.17, 15) is 9.59 Å². The summed E-state index contributed by atoms with van der Waals surface area (Å²) < 4.78 is 0. The van der Waals surface area contributed by atoms with Crippen LogP contribution in [0.2, 0.25) is 0 Å². The van der Waals surface area contributed by atoms with E-state index in [0.717, 1.165) is 16.1 Å². The van der Waals surface area contributed by atoms with E-state index in [1.807, 2.05) is 58.0 Å². The molecule has 0 saturated carbocycles. The predicted molar refractivity (Wildman–Crippen MR) is 113 cm³/mol. The fourth-order valence-electron chi connectivity index (χ4n) is 2.88. The minimum absolute atomic E-state index is 0.0775. The topological polar surface area (TPSA) is 86.9 Å². The first-order chi connectivity index (χ1) is 13.3. The van der Waals surface area contributed by atoms with Crippen LogP contribution in [0.1, 0.15) is 34.6 Å². The molecule has 7 heteroatoms. The summed E-state index contributed by atoms with van der Waals surface area (Å²) in [6.07, 6.45) is 0. The highest BCUT2D eigenvalue weighted by Crippen LogP contribution is 2.27. The standard InChI is InChI=1S/C21H24N4O2S/c1-12(2)19(23-20(26)15-8-6-5-7-13(15)3)21(27)22-18-11-16(24-25-18)17-10-9-14(4)28-17/h5-12,19H,1-4H3,(H,23,26)(H2,22,24,25,27). The average Bonchev–Trinajstić information content (AvgIpc) is 3.28. The van der Waals surface area contributed by atoms with E-state index < -0.39 is 6.04 Å². The number of aromatic amines is 1. The molecule has 3 aromatic rings. The van der Waals surface area contributed by atoms with Gasteiger partial charge in [0.05, 0.1) is 10.6 Å². The molecule has 0 spiro atoms. The van der Waals surface area contributed by atoms with Crippen LogP contribution in [-0.4, -0.2) is 28.1 Å². The predicted octanol–water partition coefficient (Wildman–Crippen LogP) is 4.15. The lowest BCUT2D eigenvalue weighted by molar-refractivity contribution is -0.118. The molecule has 1 aromatic carbocycles. The number of rotatable bonds is 6. The van der Waals surface area contributed by atoms with Crippen molar-refractivity contribution >= 4 is 29.0 Å². The van der Waals surface area contributed by atoms with Crippen molar-refractivity contribution in [3.8, 4) is 10.6 Å². The molecular weight excluding hydrogens is 372 g/mol. The molecule has 3 rings (SSSR count). The Labute approximate surface area is 168 Å². The van der Waals surface area contributed by atoms with E-state index in [-0.39, 0.29) is 17.7 Å². The van der Waals surface area contributed by atoms with Gasteiger partial charge in [-0.25, -0.2) is 0 Å². The molecule has 1 atom stereocenters. The molecular formula is C21H24N4O2S. The summed E-state index contributed by atoms with van der Waals surface area (Å²) in [7, 11) is 0. The van der Waals surface area contributed by atoms with Gasteiger partial charge in [0, 0.05) is 16.5 Å². The maximum absolute atomic E-state index is 12.8. The first-order valence-electron chi connectivity index (χ1n) is 9.14. The van der Waals surface area contributed by atoms with Crippen LogP contribution in [-0.2, 0) is 4.79 Å². The van der Waals surface area contributed by atoms with Crippen LogP contribution in [0.25, 0.3) is 10.6 Å². The van der Waals surface area contributed by atoms with Crippen molar-refractivity contribution in [3.63, 3.8) is 0 Å². The summed E-state index contributed by atoms with van der Waals surface area (Å²) in [6.45, 7) is 7.70. The summed E-state index contributed by atoms with van der Waals surface area (Å²) in [4.78, 5) is 27.7. The third-order valence-corrected chi connectivity index (χ3v) is 5.49. The van der Waals surface area contributed by atoms with Gasteiger partial charge in [-0.05, 0) is 43.5 Å². The number of H-pyrrole nitrogens is 1. The van der Waals surface area contributed by atoms with E-state index in [1.54, 1.807) is 23.5 Å². The highest BCUT2D eigenvalue weighted by atomic mass is 32.1. The Morgan fingerprint density at radius 1 is 1.11 bits per heavy atom. The normalized spacial score (nSPS) is 12.0. The number of nitrogens with one attached hydrogen (secondary N) is 3. The maximum Gasteiger partial charge on any atom is 0.252 e. The number of aryl methyl sites for hydroxylation is 2. The second-order valence-electron chi connectivity index (χ2n) is 7.08. The molecule has 28 heavy (non-hydrogen) atoms. The van der Waals surface area contributed by atoms with Crippen molar-refractivity contribution in [2.45, 2.75) is 33.7 Å². The highest BCUT2D eigenvalue weighted by Gasteiger charge is 2.26. The number of anilines is 1. The van der Waals surface area contributed by atoms with Gasteiger partial charge in [0.25, 0.3) is 5.91 Å². The molecule has 2 amide bonds.